The third kappa shape index (κ3) is 8.47. The highest BCUT2D eigenvalue weighted by Gasteiger charge is 2.16. The molecular weight excluding hydrogens is 228 g/mol. The summed E-state index contributed by atoms with van der Waals surface area (Å²) in [7, 11) is 1.68. The fourth-order valence-electron chi connectivity index (χ4n) is 1.08. The van der Waals surface area contributed by atoms with Gasteiger partial charge < -0.3 is 24.8 Å². The number of ether oxygens (including phenoxy) is 2. The van der Waals surface area contributed by atoms with Gasteiger partial charge in [-0.1, -0.05) is 0 Å². The summed E-state index contributed by atoms with van der Waals surface area (Å²) in [5, 5.41) is 10.3. The van der Waals surface area contributed by atoms with Crippen molar-refractivity contribution in [3.8, 4) is 0 Å². The number of hydrogen-bond acceptors (Lipinski definition) is 4. The Morgan fingerprint density at radius 2 is 1.94 bits per heavy atom. The van der Waals surface area contributed by atoms with Gasteiger partial charge >= 0.3 is 6.09 Å². The van der Waals surface area contributed by atoms with Gasteiger partial charge in [-0.25, -0.2) is 4.79 Å². The van der Waals surface area contributed by atoms with Gasteiger partial charge in [0.15, 0.2) is 0 Å². The quantitative estimate of drug-likeness (QED) is 0.720. The first kappa shape index (κ1) is 15.7. The molecule has 0 aromatic carbocycles. The van der Waals surface area contributed by atoms with Gasteiger partial charge in [0.2, 0.25) is 5.91 Å². The van der Waals surface area contributed by atoms with E-state index in [0.29, 0.717) is 26.3 Å². The van der Waals surface area contributed by atoms with E-state index in [0.717, 1.165) is 6.61 Å². The first-order valence-corrected chi connectivity index (χ1v) is 5.43. The Morgan fingerprint density at radius 3 is 2.35 bits per heavy atom. The van der Waals surface area contributed by atoms with Crippen molar-refractivity contribution >= 4 is 12.0 Å². The van der Waals surface area contributed by atoms with E-state index in [9.17, 15) is 9.59 Å². The number of carbonyl (C=O) groups is 2. The predicted molar refractivity (Wildman–Crippen MR) is 61.0 cm³/mol. The second-order valence-electron chi connectivity index (χ2n) is 3.23. The van der Waals surface area contributed by atoms with Crippen molar-refractivity contribution in [1.29, 1.82) is 0 Å². The van der Waals surface area contributed by atoms with Crippen LogP contribution in [0.25, 0.3) is 0 Å². The van der Waals surface area contributed by atoms with Crippen LogP contribution in [0.2, 0.25) is 0 Å². The van der Waals surface area contributed by atoms with Gasteiger partial charge in [-0.05, 0) is 6.92 Å². The number of morpholine rings is 1. The summed E-state index contributed by atoms with van der Waals surface area (Å²) in [6.07, 6.45) is -1.18. The monoisotopic (exact) mass is 248 g/mol. The number of hydrogen-bond donors (Lipinski definition) is 2. The van der Waals surface area contributed by atoms with Crippen molar-refractivity contribution in [2.45, 2.75) is 6.92 Å². The third-order valence-electron chi connectivity index (χ3n) is 2.04. The Bertz CT molecular complexity index is 227. The van der Waals surface area contributed by atoms with Gasteiger partial charge in [-0.3, -0.25) is 4.79 Å². The predicted octanol–water partition coefficient (Wildman–Crippen LogP) is -0.234. The molecule has 2 amide bonds. The summed E-state index contributed by atoms with van der Waals surface area (Å²) in [6.45, 7) is 4.76. The molecule has 17 heavy (non-hydrogen) atoms. The molecule has 0 aliphatic carbocycles. The van der Waals surface area contributed by atoms with Crippen LogP contribution in [0.4, 0.5) is 4.79 Å². The van der Waals surface area contributed by atoms with Crippen molar-refractivity contribution in [3.05, 3.63) is 0 Å². The SMILES string of the molecule is CCOC.O=C(O)NCC(=O)N1CCOCC1. The molecule has 1 heterocycles. The van der Waals surface area contributed by atoms with E-state index < -0.39 is 6.09 Å². The van der Waals surface area contributed by atoms with E-state index in [4.69, 9.17) is 9.84 Å². The maximum absolute atomic E-state index is 11.2. The molecule has 0 atom stereocenters. The normalized spacial score (nSPS) is 14.6. The lowest BCUT2D eigenvalue weighted by atomic mass is 10.4. The van der Waals surface area contributed by atoms with Crippen molar-refractivity contribution < 1.29 is 24.2 Å². The largest absolute Gasteiger partial charge is 0.465 e. The maximum atomic E-state index is 11.2. The zero-order valence-corrected chi connectivity index (χ0v) is 10.3. The van der Waals surface area contributed by atoms with E-state index in [1.54, 1.807) is 12.0 Å². The van der Waals surface area contributed by atoms with Crippen molar-refractivity contribution in [3.63, 3.8) is 0 Å². The molecule has 0 radical (unpaired) electrons. The number of carbonyl (C=O) groups excluding carboxylic acids is 1. The van der Waals surface area contributed by atoms with Gasteiger partial charge in [0, 0.05) is 26.8 Å². The van der Waals surface area contributed by atoms with Crippen LogP contribution in [0, 0.1) is 0 Å². The summed E-state index contributed by atoms with van der Waals surface area (Å²) in [5.41, 5.74) is 0. The number of rotatable bonds is 3. The minimum Gasteiger partial charge on any atom is -0.465 e. The summed E-state index contributed by atoms with van der Waals surface area (Å²) in [4.78, 5) is 22.9. The molecule has 1 rings (SSSR count). The molecule has 1 fully saturated rings. The smallest absolute Gasteiger partial charge is 0.405 e. The molecule has 0 aromatic heterocycles. The van der Waals surface area contributed by atoms with Gasteiger partial charge in [0.05, 0.1) is 13.2 Å². The Hall–Kier alpha value is -1.34. The van der Waals surface area contributed by atoms with Crippen LogP contribution in [0.3, 0.4) is 0 Å². The Kier molecular flexibility index (Phi) is 9.08. The number of nitrogens with one attached hydrogen (secondary N) is 1. The van der Waals surface area contributed by atoms with Gasteiger partial charge in [-0.2, -0.15) is 0 Å². The van der Waals surface area contributed by atoms with Crippen LogP contribution in [-0.4, -0.2) is 68.6 Å². The second-order valence-corrected chi connectivity index (χ2v) is 3.23. The van der Waals surface area contributed by atoms with Crippen LogP contribution in [0.1, 0.15) is 6.92 Å². The second kappa shape index (κ2) is 9.86. The van der Waals surface area contributed by atoms with E-state index in [-0.39, 0.29) is 12.5 Å². The fourth-order valence-corrected chi connectivity index (χ4v) is 1.08. The Balaban J connectivity index is 0.000000557. The van der Waals surface area contributed by atoms with E-state index in [1.807, 2.05) is 12.2 Å². The maximum Gasteiger partial charge on any atom is 0.405 e. The van der Waals surface area contributed by atoms with Crippen LogP contribution in [-0.2, 0) is 14.3 Å². The number of methoxy groups -OCH3 is 1. The summed E-state index contributed by atoms with van der Waals surface area (Å²) >= 11 is 0. The zero-order chi connectivity index (χ0) is 13.1. The first-order chi connectivity index (χ1) is 8.11. The highest BCUT2D eigenvalue weighted by atomic mass is 16.5. The van der Waals surface area contributed by atoms with Crippen LogP contribution >= 0.6 is 0 Å². The third-order valence-corrected chi connectivity index (χ3v) is 2.04. The van der Waals surface area contributed by atoms with Crippen molar-refractivity contribution in [2.24, 2.45) is 0 Å². The average molecular weight is 248 g/mol. The van der Waals surface area contributed by atoms with Crippen LogP contribution in [0.15, 0.2) is 0 Å². The Morgan fingerprint density at radius 1 is 1.41 bits per heavy atom. The van der Waals surface area contributed by atoms with Gasteiger partial charge in [0.1, 0.15) is 6.54 Å². The number of carboxylic acid groups (broad SMARTS) is 1. The molecule has 1 aliphatic rings. The molecule has 100 valence electrons. The summed E-state index contributed by atoms with van der Waals surface area (Å²) in [6, 6.07) is 0. The topological polar surface area (TPSA) is 88.1 Å². The lowest BCUT2D eigenvalue weighted by Gasteiger charge is -2.26. The standard InChI is InChI=1S/C7H12N2O4.C3H8O/c10-6(5-8-7(11)12)9-1-3-13-4-2-9;1-3-4-2/h8H,1-5H2,(H,11,12);3H2,1-2H3. The molecule has 0 bridgehead atoms. The highest BCUT2D eigenvalue weighted by Crippen LogP contribution is 1.96. The molecule has 0 saturated carbocycles. The lowest BCUT2D eigenvalue weighted by Crippen LogP contribution is -2.45. The minimum atomic E-state index is -1.18. The lowest BCUT2D eigenvalue weighted by molar-refractivity contribution is -0.134. The number of amides is 2. The molecule has 0 unspecified atom stereocenters. The molecule has 1 saturated heterocycles. The van der Waals surface area contributed by atoms with E-state index in [1.165, 1.54) is 0 Å². The van der Waals surface area contributed by atoms with Gasteiger partial charge in [-0.15, -0.1) is 0 Å². The number of nitrogens with zero attached hydrogens (tertiary/aromatic N) is 1. The minimum absolute atomic E-state index is 0.157. The van der Waals surface area contributed by atoms with Crippen molar-refractivity contribution in [2.75, 3.05) is 46.6 Å². The van der Waals surface area contributed by atoms with Gasteiger partial charge in [0.25, 0.3) is 0 Å². The fraction of sp³-hybridized carbons (Fsp3) is 0.800. The first-order valence-electron chi connectivity index (χ1n) is 5.43. The molecular formula is C10H20N2O5. The highest BCUT2D eigenvalue weighted by molar-refractivity contribution is 5.81. The van der Waals surface area contributed by atoms with Crippen LogP contribution in [0.5, 0.6) is 0 Å². The zero-order valence-electron chi connectivity index (χ0n) is 10.3. The molecule has 0 spiro atoms. The summed E-state index contributed by atoms with van der Waals surface area (Å²) < 4.78 is 9.59. The molecule has 7 heteroatoms. The van der Waals surface area contributed by atoms with E-state index >= 15 is 0 Å². The van der Waals surface area contributed by atoms with Crippen molar-refractivity contribution in [1.82, 2.24) is 10.2 Å². The molecule has 2 N–H and O–H groups in total. The molecule has 1 aliphatic heterocycles. The average Bonchev–Trinajstić information content (AvgIpc) is 2.37. The Labute approximate surface area is 101 Å². The van der Waals surface area contributed by atoms with E-state index in [2.05, 4.69) is 4.74 Å². The van der Waals surface area contributed by atoms with Crippen LogP contribution < -0.4 is 5.32 Å². The molecule has 7 nitrogen and oxygen atoms in total. The summed E-state index contributed by atoms with van der Waals surface area (Å²) in [5.74, 6) is -0.203. The molecule has 0 aromatic rings.